The Hall–Kier alpha value is -3.93. The van der Waals surface area contributed by atoms with Crippen LogP contribution in [-0.2, 0) is 4.79 Å². The van der Waals surface area contributed by atoms with Gasteiger partial charge in [-0.3, -0.25) is 19.8 Å². The summed E-state index contributed by atoms with van der Waals surface area (Å²) >= 11 is 0. The van der Waals surface area contributed by atoms with Gasteiger partial charge in [-0.1, -0.05) is 11.8 Å². The second-order valence-corrected chi connectivity index (χ2v) is 6.40. The third-order valence-corrected chi connectivity index (χ3v) is 4.20. The molecule has 152 valence electrons. The lowest BCUT2D eigenvalue weighted by Gasteiger charge is -2.19. The summed E-state index contributed by atoms with van der Waals surface area (Å²) in [5.74, 6) is 5.18. The van der Waals surface area contributed by atoms with Crippen LogP contribution >= 0.6 is 0 Å². The molecule has 0 fully saturated rings. The monoisotopic (exact) mass is 405 g/mol. The minimum absolute atomic E-state index is 0.279. The standard InChI is InChI=1S/C22H19N3O5/c1-14(26)20(22(28)25-29)24-21(27)17-9-6-15(7-10-17)4-5-16-8-11-18(23-13-16)19-3-2-12-30-19/h2-3,6-14,20,26,29H,1H3,(H,24,27)(H,25,28). The Morgan fingerprint density at radius 3 is 2.33 bits per heavy atom. The molecule has 0 saturated heterocycles. The number of rotatable bonds is 5. The Morgan fingerprint density at radius 2 is 1.77 bits per heavy atom. The number of carbonyl (C=O) groups is 2. The molecule has 2 atom stereocenters. The quantitative estimate of drug-likeness (QED) is 0.291. The van der Waals surface area contributed by atoms with E-state index in [1.165, 1.54) is 12.4 Å². The second-order valence-electron chi connectivity index (χ2n) is 6.40. The lowest BCUT2D eigenvalue weighted by atomic mass is 10.1. The van der Waals surface area contributed by atoms with Gasteiger partial charge in [-0.2, -0.15) is 0 Å². The number of hydroxylamine groups is 1. The fourth-order valence-electron chi connectivity index (χ4n) is 2.59. The van der Waals surface area contributed by atoms with Gasteiger partial charge in [0.15, 0.2) is 5.76 Å². The predicted molar refractivity (Wildman–Crippen MR) is 107 cm³/mol. The van der Waals surface area contributed by atoms with E-state index in [-0.39, 0.29) is 5.56 Å². The maximum Gasteiger partial charge on any atom is 0.268 e. The van der Waals surface area contributed by atoms with Crippen LogP contribution in [0.4, 0.5) is 0 Å². The normalized spacial score (nSPS) is 12.2. The molecule has 30 heavy (non-hydrogen) atoms. The number of nitrogens with one attached hydrogen (secondary N) is 2. The molecule has 0 aliphatic heterocycles. The third kappa shape index (κ3) is 5.11. The van der Waals surface area contributed by atoms with Gasteiger partial charge >= 0.3 is 0 Å². The Morgan fingerprint density at radius 1 is 1.07 bits per heavy atom. The summed E-state index contributed by atoms with van der Waals surface area (Å²) in [6.45, 7) is 1.33. The zero-order valence-corrected chi connectivity index (χ0v) is 16.0. The SMILES string of the molecule is CC(O)C(NC(=O)c1ccc(C#Cc2ccc(-c3ccco3)nc2)cc1)C(=O)NO. The molecule has 4 N–H and O–H groups in total. The van der Waals surface area contributed by atoms with E-state index in [1.54, 1.807) is 42.8 Å². The number of aromatic nitrogens is 1. The molecule has 3 aromatic rings. The van der Waals surface area contributed by atoms with Crippen molar-refractivity contribution >= 4 is 11.8 Å². The zero-order chi connectivity index (χ0) is 21.5. The van der Waals surface area contributed by atoms with Crippen molar-refractivity contribution in [2.45, 2.75) is 19.1 Å². The molecular weight excluding hydrogens is 386 g/mol. The topological polar surface area (TPSA) is 125 Å². The number of aliphatic hydroxyl groups is 1. The molecule has 0 saturated carbocycles. The number of hydrogen-bond acceptors (Lipinski definition) is 6. The van der Waals surface area contributed by atoms with Crippen LogP contribution in [0.25, 0.3) is 11.5 Å². The van der Waals surface area contributed by atoms with Crippen LogP contribution in [0.2, 0.25) is 0 Å². The largest absolute Gasteiger partial charge is 0.463 e. The number of amides is 2. The Labute approximate surface area is 172 Å². The van der Waals surface area contributed by atoms with Gasteiger partial charge in [0, 0.05) is 22.9 Å². The number of pyridine rings is 1. The van der Waals surface area contributed by atoms with E-state index in [9.17, 15) is 14.7 Å². The summed E-state index contributed by atoms with van der Waals surface area (Å²) in [7, 11) is 0. The number of hydrogen-bond donors (Lipinski definition) is 4. The highest BCUT2D eigenvalue weighted by atomic mass is 16.5. The van der Waals surface area contributed by atoms with E-state index in [0.29, 0.717) is 17.0 Å². The van der Waals surface area contributed by atoms with Crippen LogP contribution in [0.5, 0.6) is 0 Å². The Bertz CT molecular complexity index is 1060. The van der Waals surface area contributed by atoms with Crippen molar-refractivity contribution in [2.24, 2.45) is 0 Å². The summed E-state index contributed by atoms with van der Waals surface area (Å²) in [6, 6.07) is 12.4. The first kappa shape index (κ1) is 20.8. The highest BCUT2D eigenvalue weighted by Gasteiger charge is 2.25. The van der Waals surface area contributed by atoms with Crippen LogP contribution in [0.15, 0.2) is 65.4 Å². The molecule has 1 aromatic carbocycles. The third-order valence-electron chi connectivity index (χ3n) is 4.20. The first-order chi connectivity index (χ1) is 14.5. The van der Waals surface area contributed by atoms with Crippen molar-refractivity contribution in [1.82, 2.24) is 15.8 Å². The minimum Gasteiger partial charge on any atom is -0.463 e. The predicted octanol–water partition coefficient (Wildman–Crippen LogP) is 1.73. The molecule has 2 unspecified atom stereocenters. The molecule has 2 heterocycles. The highest BCUT2D eigenvalue weighted by Crippen LogP contribution is 2.16. The summed E-state index contributed by atoms with van der Waals surface area (Å²) in [4.78, 5) is 28.1. The van der Waals surface area contributed by atoms with Crippen LogP contribution in [-0.4, -0.2) is 39.3 Å². The van der Waals surface area contributed by atoms with Gasteiger partial charge in [-0.05, 0) is 55.5 Å². The minimum atomic E-state index is -1.28. The van der Waals surface area contributed by atoms with E-state index in [0.717, 1.165) is 5.56 Å². The molecule has 0 aliphatic rings. The van der Waals surface area contributed by atoms with Crippen molar-refractivity contribution in [3.63, 3.8) is 0 Å². The van der Waals surface area contributed by atoms with Crippen molar-refractivity contribution in [2.75, 3.05) is 0 Å². The van der Waals surface area contributed by atoms with E-state index in [1.807, 2.05) is 18.2 Å². The van der Waals surface area contributed by atoms with Gasteiger partial charge < -0.3 is 14.8 Å². The van der Waals surface area contributed by atoms with Gasteiger partial charge in [0.05, 0.1) is 12.4 Å². The number of benzene rings is 1. The Balaban J connectivity index is 1.66. The van der Waals surface area contributed by atoms with Crippen LogP contribution < -0.4 is 10.8 Å². The molecular formula is C22H19N3O5. The van der Waals surface area contributed by atoms with Crippen LogP contribution in [0.1, 0.15) is 28.4 Å². The summed E-state index contributed by atoms with van der Waals surface area (Å²) < 4.78 is 5.30. The first-order valence-electron chi connectivity index (χ1n) is 9.03. The fourth-order valence-corrected chi connectivity index (χ4v) is 2.59. The number of aliphatic hydroxyl groups excluding tert-OH is 1. The van der Waals surface area contributed by atoms with Gasteiger partial charge in [0.1, 0.15) is 11.7 Å². The Kier molecular flexibility index (Phi) is 6.60. The highest BCUT2D eigenvalue weighted by molar-refractivity contribution is 5.97. The molecule has 0 radical (unpaired) electrons. The second kappa shape index (κ2) is 9.52. The zero-order valence-electron chi connectivity index (χ0n) is 16.0. The summed E-state index contributed by atoms with van der Waals surface area (Å²) in [6.07, 6.45) is 2.05. The summed E-state index contributed by atoms with van der Waals surface area (Å²) in [5.41, 5.74) is 3.81. The molecule has 2 amide bonds. The van der Waals surface area contributed by atoms with Gasteiger partial charge in [0.25, 0.3) is 11.8 Å². The van der Waals surface area contributed by atoms with Crippen LogP contribution in [0.3, 0.4) is 0 Å². The van der Waals surface area contributed by atoms with Gasteiger partial charge in [-0.15, -0.1) is 0 Å². The maximum absolute atomic E-state index is 12.3. The lowest BCUT2D eigenvalue weighted by Crippen LogP contribution is -2.51. The average Bonchev–Trinajstić information content (AvgIpc) is 3.31. The molecule has 8 nitrogen and oxygen atoms in total. The van der Waals surface area contributed by atoms with E-state index in [2.05, 4.69) is 22.1 Å². The fraction of sp³-hybridized carbons (Fsp3) is 0.136. The van der Waals surface area contributed by atoms with Crippen molar-refractivity contribution in [3.8, 4) is 23.3 Å². The molecule has 0 bridgehead atoms. The van der Waals surface area contributed by atoms with Crippen LogP contribution in [0, 0.1) is 11.8 Å². The van der Waals surface area contributed by atoms with Gasteiger partial charge in [0.2, 0.25) is 0 Å². The number of nitrogens with zero attached hydrogens (tertiary/aromatic N) is 1. The lowest BCUT2D eigenvalue weighted by molar-refractivity contribution is -0.133. The molecule has 8 heteroatoms. The van der Waals surface area contributed by atoms with Gasteiger partial charge in [-0.25, -0.2) is 5.48 Å². The van der Waals surface area contributed by atoms with E-state index < -0.39 is 24.0 Å². The summed E-state index contributed by atoms with van der Waals surface area (Å²) in [5, 5.41) is 20.7. The maximum atomic E-state index is 12.3. The van der Waals surface area contributed by atoms with Crippen molar-refractivity contribution in [1.29, 1.82) is 0 Å². The van der Waals surface area contributed by atoms with Crippen molar-refractivity contribution < 1.29 is 24.3 Å². The van der Waals surface area contributed by atoms with E-state index in [4.69, 9.17) is 9.62 Å². The molecule has 3 rings (SSSR count). The van der Waals surface area contributed by atoms with Crippen molar-refractivity contribution in [3.05, 3.63) is 77.7 Å². The van der Waals surface area contributed by atoms with E-state index >= 15 is 0 Å². The number of carbonyl (C=O) groups excluding carboxylic acids is 2. The molecule has 0 spiro atoms. The molecule has 2 aromatic heterocycles. The number of furan rings is 1. The molecule has 0 aliphatic carbocycles. The average molecular weight is 405 g/mol. The first-order valence-corrected chi connectivity index (χ1v) is 9.03. The smallest absolute Gasteiger partial charge is 0.268 e.